The number of aliphatic imine (C=N–C) groups is 1. The van der Waals surface area contributed by atoms with E-state index in [9.17, 15) is 9.59 Å². The molecule has 6 rings (SSSR count). The average Bonchev–Trinajstić information content (AvgIpc) is 3.72. The van der Waals surface area contributed by atoms with E-state index in [-0.39, 0.29) is 23.5 Å². The number of benzene rings is 1. The van der Waals surface area contributed by atoms with Crippen molar-refractivity contribution in [1.29, 1.82) is 0 Å². The highest BCUT2D eigenvalue weighted by Gasteiger charge is 2.30. The van der Waals surface area contributed by atoms with Gasteiger partial charge in [-0.2, -0.15) is 4.68 Å². The normalized spacial score (nSPS) is 16.4. The van der Waals surface area contributed by atoms with Gasteiger partial charge in [0.15, 0.2) is 0 Å². The fourth-order valence-corrected chi connectivity index (χ4v) is 6.03. The molecule has 1 aromatic carbocycles. The Balaban J connectivity index is 1.22. The Labute approximate surface area is 233 Å². The first kappa shape index (κ1) is 25.4. The summed E-state index contributed by atoms with van der Waals surface area (Å²) in [7, 11) is 0. The van der Waals surface area contributed by atoms with Crippen molar-refractivity contribution in [3.63, 3.8) is 0 Å². The van der Waals surface area contributed by atoms with Crippen molar-refractivity contribution in [3.05, 3.63) is 85.8 Å². The van der Waals surface area contributed by atoms with E-state index in [1.807, 2.05) is 54.3 Å². The fourth-order valence-electron chi connectivity index (χ4n) is 5.03. The summed E-state index contributed by atoms with van der Waals surface area (Å²) in [6, 6.07) is 10.9. The molecule has 198 valence electrons. The van der Waals surface area contributed by atoms with Gasteiger partial charge >= 0.3 is 5.97 Å². The van der Waals surface area contributed by atoms with Gasteiger partial charge in [0.2, 0.25) is 0 Å². The van der Waals surface area contributed by atoms with Gasteiger partial charge in [0.05, 0.1) is 18.3 Å². The first-order chi connectivity index (χ1) is 18.9. The smallest absolute Gasteiger partial charge is 0.348 e. The van der Waals surface area contributed by atoms with Crippen LogP contribution in [-0.2, 0) is 11.2 Å². The van der Waals surface area contributed by atoms with Crippen LogP contribution in [0.1, 0.15) is 53.7 Å². The Morgan fingerprint density at radius 2 is 2.08 bits per heavy atom. The van der Waals surface area contributed by atoms with E-state index in [0.717, 1.165) is 52.2 Å². The van der Waals surface area contributed by atoms with Gasteiger partial charge in [0.1, 0.15) is 11.2 Å². The highest BCUT2D eigenvalue weighted by Crippen LogP contribution is 2.36. The summed E-state index contributed by atoms with van der Waals surface area (Å²) in [5.41, 5.74) is 6.09. The largest absolute Gasteiger partial charge is 0.461 e. The van der Waals surface area contributed by atoms with Crippen LogP contribution in [0.5, 0.6) is 0 Å². The lowest BCUT2D eigenvalue weighted by molar-refractivity contribution is 0.0464. The van der Waals surface area contributed by atoms with Crippen molar-refractivity contribution in [2.75, 3.05) is 6.61 Å². The number of allylic oxidation sites excluding steroid dienone is 1. The van der Waals surface area contributed by atoms with Crippen molar-refractivity contribution in [1.82, 2.24) is 24.8 Å². The number of aryl methyl sites for hydroxylation is 1. The molecule has 0 aliphatic carbocycles. The summed E-state index contributed by atoms with van der Waals surface area (Å²) in [5, 5.41) is 14.0. The number of carbonyl (C=O) groups excluding carboxylic acids is 1. The number of pyridine rings is 1. The molecule has 0 amide bonds. The summed E-state index contributed by atoms with van der Waals surface area (Å²) in [4.78, 5) is 31.1. The number of rotatable bonds is 7. The van der Waals surface area contributed by atoms with Gasteiger partial charge in [-0.25, -0.2) is 4.79 Å². The fraction of sp³-hybridized carbons (Fsp3) is 0.286. The number of esters is 1. The number of halogens is 1. The first-order valence-corrected chi connectivity index (χ1v) is 13.9. The Bertz CT molecular complexity index is 1690. The van der Waals surface area contributed by atoms with E-state index in [2.05, 4.69) is 15.5 Å². The van der Waals surface area contributed by atoms with Crippen molar-refractivity contribution in [2.45, 2.75) is 39.2 Å². The molecular weight excluding hydrogens is 536 g/mol. The molecule has 2 aliphatic heterocycles. The molecule has 0 unspecified atom stereocenters. The van der Waals surface area contributed by atoms with Crippen LogP contribution in [0.2, 0.25) is 5.02 Å². The van der Waals surface area contributed by atoms with Gasteiger partial charge in [0.25, 0.3) is 5.56 Å². The Morgan fingerprint density at radius 1 is 1.21 bits per heavy atom. The molecule has 2 aliphatic rings. The zero-order valence-electron chi connectivity index (χ0n) is 21.4. The maximum Gasteiger partial charge on any atom is 0.348 e. The summed E-state index contributed by atoms with van der Waals surface area (Å²) in [6.07, 6.45) is 5.55. The number of hydrogen-bond acceptors (Lipinski definition) is 8. The molecule has 3 aromatic heterocycles. The zero-order valence-corrected chi connectivity index (χ0v) is 22.9. The van der Waals surface area contributed by atoms with Crippen LogP contribution < -0.4 is 5.56 Å². The first-order valence-electron chi connectivity index (χ1n) is 12.7. The number of tetrazole rings is 1. The summed E-state index contributed by atoms with van der Waals surface area (Å²) in [5.74, 6) is -0.0103. The predicted octanol–water partition coefficient (Wildman–Crippen LogP) is 5.39. The monoisotopic (exact) mass is 560 g/mol. The molecule has 0 N–H and O–H groups in total. The van der Waals surface area contributed by atoms with E-state index < -0.39 is 0 Å². The van der Waals surface area contributed by atoms with Crippen molar-refractivity contribution in [3.8, 4) is 16.8 Å². The highest BCUT2D eigenvalue weighted by atomic mass is 35.5. The molecule has 5 heterocycles. The van der Waals surface area contributed by atoms with E-state index in [0.29, 0.717) is 22.9 Å². The summed E-state index contributed by atoms with van der Waals surface area (Å²) in [6.45, 7) is 4.41. The molecule has 39 heavy (non-hydrogen) atoms. The van der Waals surface area contributed by atoms with Crippen LogP contribution in [0.4, 0.5) is 0 Å². The predicted molar refractivity (Wildman–Crippen MR) is 151 cm³/mol. The second kappa shape index (κ2) is 10.3. The van der Waals surface area contributed by atoms with Gasteiger partial charge in [-0.1, -0.05) is 25.4 Å². The van der Waals surface area contributed by atoms with Crippen molar-refractivity contribution in [2.24, 2.45) is 10.9 Å². The lowest BCUT2D eigenvalue weighted by Crippen LogP contribution is -2.27. The molecule has 0 bridgehead atoms. The third-order valence-corrected chi connectivity index (χ3v) is 8.01. The topological polar surface area (TPSA) is 104 Å². The van der Waals surface area contributed by atoms with Gasteiger partial charge in [-0.05, 0) is 81.6 Å². The van der Waals surface area contributed by atoms with Crippen molar-refractivity contribution < 1.29 is 9.53 Å². The van der Waals surface area contributed by atoms with Gasteiger partial charge in [-0.15, -0.1) is 16.4 Å². The van der Waals surface area contributed by atoms with E-state index in [1.165, 1.54) is 17.7 Å². The number of nitrogens with zero attached hydrogens (tertiary/aromatic N) is 6. The maximum atomic E-state index is 13.5. The second-order valence-electron chi connectivity index (χ2n) is 10.1. The van der Waals surface area contributed by atoms with E-state index >= 15 is 0 Å². The van der Waals surface area contributed by atoms with Crippen LogP contribution in [0.25, 0.3) is 22.4 Å². The molecule has 0 saturated carbocycles. The highest BCUT2D eigenvalue weighted by molar-refractivity contribution is 7.12. The molecular formula is C28H25ClN6O3S. The standard InChI is InChI=1S/C28H25ClN6O3S/c1-16(2)13-38-28(37)26-9-19(14-39-26)18-8-23(30-12-18)25-6-4-21-7-17(10-27(36)35(21)25)22-11-20(29)3-5-24(22)34-15-31-32-33-34/h3,5,7,9-12,14-16,25H,4,6,8,13H2,1-2H3/t25-/m0/s1. The van der Waals surface area contributed by atoms with Crippen LogP contribution in [0.3, 0.4) is 0 Å². The Kier molecular flexibility index (Phi) is 6.74. The summed E-state index contributed by atoms with van der Waals surface area (Å²) >= 11 is 7.69. The van der Waals surface area contributed by atoms with Gasteiger partial charge in [0, 0.05) is 40.7 Å². The molecule has 11 heteroatoms. The van der Waals surface area contributed by atoms with Crippen LogP contribution in [0.15, 0.2) is 64.1 Å². The van der Waals surface area contributed by atoms with Crippen molar-refractivity contribution >= 4 is 40.2 Å². The number of thiophene rings is 1. The van der Waals surface area contributed by atoms with Crippen LogP contribution in [-0.4, -0.2) is 43.1 Å². The zero-order chi connectivity index (χ0) is 27.1. The van der Waals surface area contributed by atoms with Crippen LogP contribution in [0, 0.1) is 5.92 Å². The summed E-state index contributed by atoms with van der Waals surface area (Å²) < 4.78 is 8.77. The van der Waals surface area contributed by atoms with Crippen LogP contribution >= 0.6 is 22.9 Å². The van der Waals surface area contributed by atoms with Gasteiger partial charge in [-0.3, -0.25) is 9.79 Å². The minimum atomic E-state index is -0.297. The van der Waals surface area contributed by atoms with E-state index in [1.54, 1.807) is 16.8 Å². The third kappa shape index (κ3) is 4.97. The molecule has 0 fully saturated rings. The van der Waals surface area contributed by atoms with Gasteiger partial charge < -0.3 is 9.30 Å². The lowest BCUT2D eigenvalue weighted by Gasteiger charge is -2.17. The minimum Gasteiger partial charge on any atom is -0.461 e. The lowest BCUT2D eigenvalue weighted by atomic mass is 10.0. The Morgan fingerprint density at radius 3 is 2.87 bits per heavy atom. The maximum absolute atomic E-state index is 13.5. The molecule has 1 atom stereocenters. The second-order valence-corrected chi connectivity index (χ2v) is 11.4. The number of ether oxygens (including phenoxy) is 1. The number of fused-ring (bicyclic) bond motifs is 1. The Hall–Kier alpha value is -3.89. The number of aromatic nitrogens is 5. The number of hydrogen-bond donors (Lipinski definition) is 0. The molecule has 0 saturated heterocycles. The average molecular weight is 561 g/mol. The molecule has 0 spiro atoms. The minimum absolute atomic E-state index is 0.0884. The SMILES string of the molecule is CC(C)COC(=O)c1cc(C2=CN=C([C@@H]3CCc4cc(-c5cc(Cl)ccc5-n5cnnn5)cc(=O)n43)C2)cs1. The van der Waals surface area contributed by atoms with E-state index in [4.69, 9.17) is 21.3 Å². The molecule has 9 nitrogen and oxygen atoms in total. The number of carbonyl (C=O) groups is 1. The third-order valence-electron chi connectivity index (χ3n) is 6.86. The molecule has 0 radical (unpaired) electrons. The molecule has 4 aromatic rings. The quantitative estimate of drug-likeness (QED) is 0.281.